The van der Waals surface area contributed by atoms with E-state index < -0.39 is 0 Å². The standard InChI is InChI=1S/C23H24N6O/c1-14-21-18(23(30)26-20-12-24-28(3)15(20)2)11-19(17-9-10-17)25-22(21)29(27-14)13-16-7-5-4-6-8-16/h4-8,11-12,17H,9-10,13H2,1-3H3,(H,26,30). The fourth-order valence-corrected chi connectivity index (χ4v) is 3.82. The van der Waals surface area contributed by atoms with Gasteiger partial charge in [-0.05, 0) is 38.3 Å². The van der Waals surface area contributed by atoms with Gasteiger partial charge in [-0.2, -0.15) is 10.2 Å². The number of fused-ring (bicyclic) bond motifs is 1. The Kier molecular flexibility index (Phi) is 4.38. The molecule has 1 aliphatic carbocycles. The number of amides is 1. The van der Waals surface area contributed by atoms with Gasteiger partial charge >= 0.3 is 0 Å². The molecule has 5 rings (SSSR count). The normalized spacial score (nSPS) is 13.7. The van der Waals surface area contributed by atoms with E-state index in [1.807, 2.05) is 49.8 Å². The number of hydrogen-bond donors (Lipinski definition) is 1. The fraction of sp³-hybridized carbons (Fsp3) is 0.304. The summed E-state index contributed by atoms with van der Waals surface area (Å²) >= 11 is 0. The van der Waals surface area contributed by atoms with Crippen molar-refractivity contribution in [2.75, 3.05) is 5.32 Å². The van der Waals surface area contributed by atoms with Crippen LogP contribution < -0.4 is 5.32 Å². The Labute approximate surface area is 174 Å². The molecule has 7 nitrogen and oxygen atoms in total. The predicted molar refractivity (Wildman–Crippen MR) is 116 cm³/mol. The average molecular weight is 400 g/mol. The number of carbonyl (C=O) groups excluding carboxylic acids is 1. The highest BCUT2D eigenvalue weighted by Crippen LogP contribution is 2.40. The van der Waals surface area contributed by atoms with E-state index in [1.54, 1.807) is 10.9 Å². The molecule has 0 atom stereocenters. The number of nitrogens with one attached hydrogen (secondary N) is 1. The largest absolute Gasteiger partial charge is 0.319 e. The molecule has 1 N–H and O–H groups in total. The van der Waals surface area contributed by atoms with Crippen LogP contribution in [-0.2, 0) is 13.6 Å². The van der Waals surface area contributed by atoms with E-state index >= 15 is 0 Å². The van der Waals surface area contributed by atoms with Crippen molar-refractivity contribution in [2.45, 2.75) is 39.2 Å². The summed E-state index contributed by atoms with van der Waals surface area (Å²) in [4.78, 5) is 18.2. The zero-order chi connectivity index (χ0) is 20.8. The molecule has 1 saturated carbocycles. The first-order valence-electron chi connectivity index (χ1n) is 10.2. The van der Waals surface area contributed by atoms with E-state index in [4.69, 9.17) is 10.1 Å². The van der Waals surface area contributed by atoms with Gasteiger partial charge in [0.25, 0.3) is 5.91 Å². The first-order chi connectivity index (χ1) is 14.5. The van der Waals surface area contributed by atoms with Crippen LogP contribution in [0, 0.1) is 13.8 Å². The molecule has 152 valence electrons. The number of aromatic nitrogens is 5. The number of anilines is 1. The summed E-state index contributed by atoms with van der Waals surface area (Å²) in [5.74, 6) is 0.282. The van der Waals surface area contributed by atoms with Crippen LogP contribution in [0.3, 0.4) is 0 Å². The Morgan fingerprint density at radius 1 is 1.20 bits per heavy atom. The molecule has 0 saturated heterocycles. The molecule has 0 radical (unpaired) electrons. The van der Waals surface area contributed by atoms with Crippen molar-refractivity contribution in [3.8, 4) is 0 Å². The second kappa shape index (κ2) is 7.09. The van der Waals surface area contributed by atoms with Gasteiger partial charge < -0.3 is 5.32 Å². The summed E-state index contributed by atoms with van der Waals surface area (Å²) in [5, 5.41) is 12.8. The maximum absolute atomic E-state index is 13.3. The summed E-state index contributed by atoms with van der Waals surface area (Å²) in [7, 11) is 1.86. The zero-order valence-corrected chi connectivity index (χ0v) is 17.4. The highest BCUT2D eigenvalue weighted by Gasteiger charge is 2.29. The Bertz CT molecular complexity index is 1250. The van der Waals surface area contributed by atoms with Gasteiger partial charge in [-0.25, -0.2) is 9.67 Å². The van der Waals surface area contributed by atoms with Crippen LogP contribution in [0.15, 0.2) is 42.6 Å². The van der Waals surface area contributed by atoms with Crippen LogP contribution in [0.25, 0.3) is 11.0 Å². The van der Waals surface area contributed by atoms with E-state index in [0.717, 1.165) is 52.2 Å². The minimum atomic E-state index is -0.150. The lowest BCUT2D eigenvalue weighted by atomic mass is 10.1. The van der Waals surface area contributed by atoms with Crippen molar-refractivity contribution in [1.82, 2.24) is 24.5 Å². The van der Waals surface area contributed by atoms with Gasteiger partial charge in [-0.3, -0.25) is 9.48 Å². The monoisotopic (exact) mass is 400 g/mol. The summed E-state index contributed by atoms with van der Waals surface area (Å²) < 4.78 is 3.66. The number of benzene rings is 1. The Morgan fingerprint density at radius 2 is 1.97 bits per heavy atom. The smallest absolute Gasteiger partial charge is 0.256 e. The molecule has 1 fully saturated rings. The van der Waals surface area contributed by atoms with Crippen LogP contribution in [-0.4, -0.2) is 30.5 Å². The number of aryl methyl sites for hydroxylation is 2. The summed E-state index contributed by atoms with van der Waals surface area (Å²) in [6.07, 6.45) is 3.92. The lowest BCUT2D eigenvalue weighted by molar-refractivity contribution is 0.102. The molecule has 30 heavy (non-hydrogen) atoms. The number of carbonyl (C=O) groups is 1. The van der Waals surface area contributed by atoms with Crippen LogP contribution in [0.4, 0.5) is 5.69 Å². The number of pyridine rings is 1. The van der Waals surface area contributed by atoms with Crippen LogP contribution in [0.1, 0.15) is 51.8 Å². The van der Waals surface area contributed by atoms with Crippen molar-refractivity contribution in [3.05, 3.63) is 70.8 Å². The lowest BCUT2D eigenvalue weighted by Crippen LogP contribution is -2.14. The predicted octanol–water partition coefficient (Wildman–Crippen LogP) is 3.96. The van der Waals surface area contributed by atoms with Gasteiger partial charge in [0, 0.05) is 18.7 Å². The Morgan fingerprint density at radius 3 is 2.63 bits per heavy atom. The molecule has 0 unspecified atom stereocenters. The number of nitrogens with zero attached hydrogens (tertiary/aromatic N) is 5. The van der Waals surface area contributed by atoms with Crippen molar-refractivity contribution < 1.29 is 4.79 Å². The fourth-order valence-electron chi connectivity index (χ4n) is 3.82. The van der Waals surface area contributed by atoms with Gasteiger partial charge in [0.2, 0.25) is 0 Å². The maximum Gasteiger partial charge on any atom is 0.256 e. The molecule has 3 heterocycles. The molecule has 0 spiro atoms. The second-order valence-electron chi connectivity index (χ2n) is 8.02. The third-order valence-corrected chi connectivity index (χ3v) is 5.80. The third kappa shape index (κ3) is 3.26. The van der Waals surface area contributed by atoms with Crippen molar-refractivity contribution in [1.29, 1.82) is 0 Å². The minimum Gasteiger partial charge on any atom is -0.319 e. The topological polar surface area (TPSA) is 77.6 Å². The molecule has 1 aromatic carbocycles. The first kappa shape index (κ1) is 18.5. The highest BCUT2D eigenvalue weighted by atomic mass is 16.1. The Hall–Kier alpha value is -3.48. The SMILES string of the molecule is Cc1nn(Cc2ccccc2)c2nc(C3CC3)cc(C(=O)Nc3cnn(C)c3C)c12. The molecular formula is C23H24N6O. The zero-order valence-electron chi connectivity index (χ0n) is 17.4. The lowest BCUT2D eigenvalue weighted by Gasteiger charge is -2.09. The molecule has 3 aromatic heterocycles. The van der Waals surface area contributed by atoms with Crippen LogP contribution >= 0.6 is 0 Å². The van der Waals surface area contributed by atoms with E-state index in [-0.39, 0.29) is 5.91 Å². The quantitative estimate of drug-likeness (QED) is 0.550. The summed E-state index contributed by atoms with van der Waals surface area (Å²) in [5.41, 5.74) is 5.96. The van der Waals surface area contributed by atoms with Gasteiger partial charge in [0.15, 0.2) is 5.65 Å². The van der Waals surface area contributed by atoms with E-state index in [2.05, 4.69) is 22.5 Å². The summed E-state index contributed by atoms with van der Waals surface area (Å²) in [6, 6.07) is 12.1. The van der Waals surface area contributed by atoms with Crippen molar-refractivity contribution in [3.63, 3.8) is 0 Å². The number of rotatable bonds is 5. The van der Waals surface area contributed by atoms with Gasteiger partial charge in [-0.15, -0.1) is 0 Å². The highest BCUT2D eigenvalue weighted by molar-refractivity contribution is 6.12. The van der Waals surface area contributed by atoms with E-state index in [9.17, 15) is 4.79 Å². The molecular weight excluding hydrogens is 376 g/mol. The van der Waals surface area contributed by atoms with Crippen LogP contribution in [0.5, 0.6) is 0 Å². The third-order valence-electron chi connectivity index (χ3n) is 5.80. The molecule has 1 aliphatic rings. The van der Waals surface area contributed by atoms with Crippen molar-refractivity contribution in [2.24, 2.45) is 7.05 Å². The molecule has 0 bridgehead atoms. The molecule has 1 amide bonds. The second-order valence-corrected chi connectivity index (χ2v) is 8.02. The molecule has 7 heteroatoms. The van der Waals surface area contributed by atoms with Gasteiger partial charge in [-0.1, -0.05) is 30.3 Å². The number of hydrogen-bond acceptors (Lipinski definition) is 4. The molecule has 4 aromatic rings. The Balaban J connectivity index is 1.60. The van der Waals surface area contributed by atoms with Crippen LogP contribution in [0.2, 0.25) is 0 Å². The van der Waals surface area contributed by atoms with Gasteiger partial charge in [0.05, 0.1) is 40.8 Å². The minimum absolute atomic E-state index is 0.150. The first-order valence-corrected chi connectivity index (χ1v) is 10.2. The van der Waals surface area contributed by atoms with Crippen molar-refractivity contribution >= 4 is 22.6 Å². The van der Waals surface area contributed by atoms with Gasteiger partial charge in [0.1, 0.15) is 0 Å². The molecule has 0 aliphatic heterocycles. The van der Waals surface area contributed by atoms with E-state index in [1.165, 1.54) is 0 Å². The maximum atomic E-state index is 13.3. The van der Waals surface area contributed by atoms with E-state index in [0.29, 0.717) is 18.0 Å². The average Bonchev–Trinajstić information content (AvgIpc) is 3.50. The summed E-state index contributed by atoms with van der Waals surface area (Å²) in [6.45, 7) is 4.49.